The molecule has 0 fully saturated rings. The van der Waals surface area contributed by atoms with Gasteiger partial charge in [0, 0.05) is 24.0 Å². The predicted octanol–water partition coefficient (Wildman–Crippen LogP) is 1.23. The van der Waals surface area contributed by atoms with Gasteiger partial charge in [-0.05, 0) is 24.6 Å². The van der Waals surface area contributed by atoms with Crippen LogP contribution in [-0.4, -0.2) is 28.6 Å². The molecule has 0 spiro atoms. The number of nitro groups is 1. The monoisotopic (exact) mass is 329 g/mol. The summed E-state index contributed by atoms with van der Waals surface area (Å²) in [5.41, 5.74) is 2.19. The number of ether oxygens (including phenoxy) is 1. The number of non-ortho nitro benzene ring substituents is 1. The largest absolute Gasteiger partial charge is 0.870 e. The van der Waals surface area contributed by atoms with Crippen LogP contribution in [0.1, 0.15) is 22.8 Å². The fourth-order valence-corrected chi connectivity index (χ4v) is 1.80. The molecular formula is C15H13N4O5-. The van der Waals surface area contributed by atoms with Crippen molar-refractivity contribution in [1.82, 2.24) is 10.4 Å². The van der Waals surface area contributed by atoms with Crippen LogP contribution in [0.4, 0.5) is 5.69 Å². The first-order chi connectivity index (χ1) is 11.5. The molecule has 1 aromatic carbocycles. The second-order valence-corrected chi connectivity index (χ2v) is 4.49. The maximum Gasteiger partial charge on any atom is 0.273 e. The van der Waals surface area contributed by atoms with Crippen molar-refractivity contribution in [3.05, 3.63) is 57.9 Å². The number of benzene rings is 1. The van der Waals surface area contributed by atoms with Gasteiger partial charge in [-0.25, -0.2) is 5.43 Å². The summed E-state index contributed by atoms with van der Waals surface area (Å²) in [5, 5.41) is 26.7. The highest BCUT2D eigenvalue weighted by molar-refractivity contribution is 5.95. The van der Waals surface area contributed by atoms with Crippen molar-refractivity contribution >= 4 is 17.8 Å². The fourth-order valence-electron chi connectivity index (χ4n) is 1.80. The molecule has 0 atom stereocenters. The van der Waals surface area contributed by atoms with Gasteiger partial charge < -0.3 is 9.84 Å². The second-order valence-electron chi connectivity index (χ2n) is 4.49. The second kappa shape index (κ2) is 7.68. The molecule has 0 aliphatic heterocycles. The number of nitrogens with zero attached hydrogens (tertiary/aromatic N) is 3. The number of amides is 1. The van der Waals surface area contributed by atoms with Crippen LogP contribution in [0.25, 0.3) is 0 Å². The molecule has 2 aromatic rings. The highest BCUT2D eigenvalue weighted by atomic mass is 16.6. The molecule has 1 amide bonds. The van der Waals surface area contributed by atoms with Gasteiger partial charge in [-0.15, -0.1) is 0 Å². The summed E-state index contributed by atoms with van der Waals surface area (Å²) >= 11 is 0. The minimum atomic E-state index is -0.644. The third-order valence-electron chi connectivity index (χ3n) is 2.89. The van der Waals surface area contributed by atoms with Crippen LogP contribution in [0.15, 0.2) is 41.8 Å². The molecule has 0 saturated heterocycles. The van der Waals surface area contributed by atoms with Crippen LogP contribution in [0.2, 0.25) is 0 Å². The van der Waals surface area contributed by atoms with Gasteiger partial charge in [0.1, 0.15) is 5.75 Å². The number of hydrazone groups is 1. The first kappa shape index (κ1) is 16.9. The molecule has 2 rings (SSSR count). The molecular weight excluding hydrogens is 316 g/mol. The van der Waals surface area contributed by atoms with Crippen molar-refractivity contribution < 1.29 is 19.6 Å². The quantitative estimate of drug-likeness (QED) is 0.482. The molecule has 0 aliphatic rings. The Morgan fingerprint density at radius 2 is 2.12 bits per heavy atom. The lowest BCUT2D eigenvalue weighted by Gasteiger charge is -2.16. The van der Waals surface area contributed by atoms with E-state index in [9.17, 15) is 20.0 Å². The zero-order valence-corrected chi connectivity index (χ0v) is 12.6. The van der Waals surface area contributed by atoms with Crippen LogP contribution in [0.3, 0.4) is 0 Å². The van der Waals surface area contributed by atoms with Gasteiger partial charge in [-0.1, -0.05) is 5.75 Å². The molecule has 1 N–H and O–H groups in total. The third-order valence-corrected chi connectivity index (χ3v) is 2.89. The Bertz CT molecular complexity index is 777. The minimum absolute atomic E-state index is 0.0670. The predicted molar refractivity (Wildman–Crippen MR) is 83.0 cm³/mol. The lowest BCUT2D eigenvalue weighted by Crippen LogP contribution is -2.17. The fraction of sp³-hybridized carbons (Fsp3) is 0.133. The van der Waals surface area contributed by atoms with Crippen LogP contribution >= 0.6 is 0 Å². The number of nitrogens with one attached hydrogen (secondary N) is 1. The molecule has 24 heavy (non-hydrogen) atoms. The lowest BCUT2D eigenvalue weighted by molar-refractivity contribution is -0.385. The standard InChI is InChI=1S/C15H14N4O5/c1-2-24-13-8-12(19(22)23)7-11(14(13)20)9-17-18-15(21)10-3-5-16-6-4-10/h3-9,20H,2H2,1H3,(H,18,21)/p-1. The van der Waals surface area contributed by atoms with Gasteiger partial charge >= 0.3 is 0 Å². The van der Waals surface area contributed by atoms with Crippen molar-refractivity contribution in [2.24, 2.45) is 5.10 Å². The molecule has 0 radical (unpaired) electrons. The maximum atomic E-state index is 12.1. The zero-order valence-electron chi connectivity index (χ0n) is 12.6. The molecule has 124 valence electrons. The van der Waals surface area contributed by atoms with Gasteiger partial charge in [0.25, 0.3) is 11.6 Å². The summed E-state index contributed by atoms with van der Waals surface area (Å²) in [4.78, 5) is 25.9. The van der Waals surface area contributed by atoms with Gasteiger partial charge in [-0.3, -0.25) is 19.9 Å². The van der Waals surface area contributed by atoms with Gasteiger partial charge in [0.15, 0.2) is 0 Å². The Balaban J connectivity index is 2.21. The Labute approximate surface area is 136 Å². The summed E-state index contributed by atoms with van der Waals surface area (Å²) in [6.45, 7) is 1.84. The van der Waals surface area contributed by atoms with Crippen LogP contribution in [0.5, 0.6) is 11.5 Å². The first-order valence-corrected chi connectivity index (χ1v) is 6.88. The number of pyridine rings is 1. The smallest absolute Gasteiger partial charge is 0.273 e. The van der Waals surface area contributed by atoms with E-state index in [2.05, 4.69) is 15.5 Å². The van der Waals surface area contributed by atoms with E-state index in [4.69, 9.17) is 4.74 Å². The van der Waals surface area contributed by atoms with E-state index in [1.54, 1.807) is 6.92 Å². The Hall–Kier alpha value is -3.49. The summed E-state index contributed by atoms with van der Waals surface area (Å²) < 4.78 is 5.09. The average molecular weight is 329 g/mol. The Morgan fingerprint density at radius 1 is 1.42 bits per heavy atom. The SMILES string of the molecule is CCOc1cc([N+](=O)[O-])cc(C=NNC(=O)c2ccncc2)c1[O-]. The molecule has 9 heteroatoms. The molecule has 1 aromatic heterocycles. The third kappa shape index (κ3) is 4.03. The number of carbonyl (C=O) groups excluding carboxylic acids is 1. The van der Waals surface area contributed by atoms with Gasteiger partial charge in [-0.2, -0.15) is 5.10 Å². The number of carbonyl (C=O) groups is 1. The van der Waals surface area contributed by atoms with Crippen molar-refractivity contribution in [1.29, 1.82) is 0 Å². The van der Waals surface area contributed by atoms with E-state index < -0.39 is 16.6 Å². The van der Waals surface area contributed by atoms with E-state index in [-0.39, 0.29) is 23.6 Å². The van der Waals surface area contributed by atoms with Gasteiger partial charge in [0.2, 0.25) is 0 Å². The number of nitro benzene ring substituents is 1. The van der Waals surface area contributed by atoms with Crippen LogP contribution in [0, 0.1) is 10.1 Å². The normalized spacial score (nSPS) is 10.5. The molecule has 0 aliphatic carbocycles. The van der Waals surface area contributed by atoms with Crippen molar-refractivity contribution in [2.45, 2.75) is 6.92 Å². The van der Waals surface area contributed by atoms with Crippen molar-refractivity contribution in [3.63, 3.8) is 0 Å². The highest BCUT2D eigenvalue weighted by Gasteiger charge is 2.12. The molecule has 0 unspecified atom stereocenters. The molecule has 1 heterocycles. The maximum absolute atomic E-state index is 12.1. The zero-order chi connectivity index (χ0) is 17.5. The highest BCUT2D eigenvalue weighted by Crippen LogP contribution is 2.31. The number of rotatable bonds is 6. The van der Waals surface area contributed by atoms with Gasteiger partial charge in [0.05, 0.1) is 23.8 Å². The van der Waals surface area contributed by atoms with Crippen molar-refractivity contribution in [2.75, 3.05) is 6.61 Å². The minimum Gasteiger partial charge on any atom is -0.870 e. The molecule has 0 saturated carbocycles. The number of aromatic nitrogens is 1. The lowest BCUT2D eigenvalue weighted by atomic mass is 10.1. The average Bonchev–Trinajstić information content (AvgIpc) is 2.58. The molecule has 9 nitrogen and oxygen atoms in total. The summed E-state index contributed by atoms with van der Waals surface area (Å²) in [6, 6.07) is 5.10. The number of hydrogen-bond donors (Lipinski definition) is 1. The van der Waals surface area contributed by atoms with E-state index in [1.165, 1.54) is 24.5 Å². The van der Waals surface area contributed by atoms with Crippen LogP contribution < -0.4 is 15.3 Å². The summed E-state index contributed by atoms with van der Waals surface area (Å²) in [6.07, 6.45) is 3.93. The van der Waals surface area contributed by atoms with E-state index in [1.807, 2.05) is 0 Å². The first-order valence-electron chi connectivity index (χ1n) is 6.88. The van der Waals surface area contributed by atoms with Crippen LogP contribution in [-0.2, 0) is 0 Å². The topological polar surface area (TPSA) is 130 Å². The summed E-state index contributed by atoms with van der Waals surface area (Å²) in [5.74, 6) is -1.20. The van der Waals surface area contributed by atoms with E-state index in [0.717, 1.165) is 18.3 Å². The number of hydrogen-bond acceptors (Lipinski definition) is 7. The molecule has 0 bridgehead atoms. The summed E-state index contributed by atoms with van der Waals surface area (Å²) in [7, 11) is 0. The van der Waals surface area contributed by atoms with E-state index in [0.29, 0.717) is 5.56 Å². The van der Waals surface area contributed by atoms with E-state index >= 15 is 0 Å². The Morgan fingerprint density at radius 3 is 2.75 bits per heavy atom. The van der Waals surface area contributed by atoms with Crippen molar-refractivity contribution in [3.8, 4) is 11.5 Å². The Kier molecular flexibility index (Phi) is 5.40.